The van der Waals surface area contributed by atoms with Crippen LogP contribution in [0.5, 0.6) is 0 Å². The third kappa shape index (κ3) is 5.39. The molecule has 0 bridgehead atoms. The molecule has 0 aliphatic heterocycles. The van der Waals surface area contributed by atoms with Crippen LogP contribution in [0.25, 0.3) is 11.8 Å². The summed E-state index contributed by atoms with van der Waals surface area (Å²) in [4.78, 5) is 18.5. The minimum Gasteiger partial charge on any atom is -0.384 e. The molecule has 2 aromatic carbocycles. The molecule has 5 nitrogen and oxygen atoms in total. The smallest absolute Gasteiger partial charge is 0.185 e. The van der Waals surface area contributed by atoms with E-state index in [4.69, 9.17) is 0 Å². The SMILES string of the molecule is CN(C)CCNc1ccc(/C=C/C(=O)c2ccc(-n3ccnc3)cc2)cc1. The number of rotatable bonds is 8. The molecule has 1 heterocycles. The van der Waals surface area contributed by atoms with Crippen molar-refractivity contribution in [2.24, 2.45) is 0 Å². The lowest BCUT2D eigenvalue weighted by Crippen LogP contribution is -2.20. The first-order chi connectivity index (χ1) is 13.1. The van der Waals surface area contributed by atoms with Crippen molar-refractivity contribution in [1.82, 2.24) is 14.5 Å². The van der Waals surface area contributed by atoms with E-state index in [9.17, 15) is 4.79 Å². The Labute approximate surface area is 160 Å². The highest BCUT2D eigenvalue weighted by Crippen LogP contribution is 2.13. The van der Waals surface area contributed by atoms with Gasteiger partial charge in [-0.15, -0.1) is 0 Å². The molecular formula is C22H24N4O. The molecule has 1 aromatic heterocycles. The van der Waals surface area contributed by atoms with E-state index in [1.807, 2.05) is 65.4 Å². The van der Waals surface area contributed by atoms with Gasteiger partial charge in [-0.1, -0.05) is 18.2 Å². The molecule has 0 radical (unpaired) electrons. The van der Waals surface area contributed by atoms with Gasteiger partial charge in [-0.2, -0.15) is 0 Å². The summed E-state index contributed by atoms with van der Waals surface area (Å²) in [5.74, 6) is -0.0136. The molecule has 0 amide bonds. The number of hydrogen-bond acceptors (Lipinski definition) is 4. The van der Waals surface area contributed by atoms with Crippen molar-refractivity contribution in [3.05, 3.63) is 84.5 Å². The van der Waals surface area contributed by atoms with Crippen molar-refractivity contribution in [2.75, 3.05) is 32.5 Å². The summed E-state index contributed by atoms with van der Waals surface area (Å²) < 4.78 is 1.90. The summed E-state index contributed by atoms with van der Waals surface area (Å²) in [6, 6.07) is 15.6. The molecule has 138 valence electrons. The predicted octanol–water partition coefficient (Wildman–Crippen LogP) is 3.74. The van der Waals surface area contributed by atoms with Crippen LogP contribution in [0.4, 0.5) is 5.69 Å². The molecule has 0 atom stereocenters. The number of hydrogen-bond donors (Lipinski definition) is 1. The fraction of sp³-hybridized carbons (Fsp3) is 0.182. The van der Waals surface area contributed by atoms with Gasteiger partial charge in [0, 0.05) is 42.4 Å². The number of anilines is 1. The van der Waals surface area contributed by atoms with Crippen molar-refractivity contribution in [2.45, 2.75) is 0 Å². The van der Waals surface area contributed by atoms with Crippen molar-refractivity contribution in [1.29, 1.82) is 0 Å². The highest BCUT2D eigenvalue weighted by atomic mass is 16.1. The Kier molecular flexibility index (Phi) is 6.18. The fourth-order valence-electron chi connectivity index (χ4n) is 2.61. The molecule has 5 heteroatoms. The van der Waals surface area contributed by atoms with E-state index >= 15 is 0 Å². The van der Waals surface area contributed by atoms with Gasteiger partial charge in [0.1, 0.15) is 0 Å². The van der Waals surface area contributed by atoms with Gasteiger partial charge in [0.2, 0.25) is 0 Å². The molecule has 0 spiro atoms. The average molecular weight is 360 g/mol. The van der Waals surface area contributed by atoms with Gasteiger partial charge in [-0.05, 0) is 62.1 Å². The number of aromatic nitrogens is 2. The van der Waals surface area contributed by atoms with E-state index in [0.29, 0.717) is 5.56 Å². The third-order valence-electron chi connectivity index (χ3n) is 4.18. The number of likely N-dealkylation sites (N-methyl/N-ethyl adjacent to an activating group) is 1. The van der Waals surface area contributed by atoms with Gasteiger partial charge in [0.25, 0.3) is 0 Å². The van der Waals surface area contributed by atoms with Crippen LogP contribution in [0.15, 0.2) is 73.3 Å². The standard InChI is InChI=1S/C22H24N4O/c1-25(2)15-14-24-20-8-3-18(4-9-20)5-12-22(27)19-6-10-21(11-7-19)26-16-13-23-17-26/h3-13,16-17,24H,14-15H2,1-2H3/b12-5+. The molecule has 0 saturated carbocycles. The Balaban J connectivity index is 1.57. The summed E-state index contributed by atoms with van der Waals surface area (Å²) in [6.07, 6.45) is 8.78. The first-order valence-electron chi connectivity index (χ1n) is 8.91. The summed E-state index contributed by atoms with van der Waals surface area (Å²) in [5.41, 5.74) is 3.72. The maximum absolute atomic E-state index is 12.4. The van der Waals surface area contributed by atoms with Crippen molar-refractivity contribution in [3.63, 3.8) is 0 Å². The molecule has 3 aromatic rings. The molecule has 3 rings (SSSR count). The minimum atomic E-state index is -0.0136. The van der Waals surface area contributed by atoms with Gasteiger partial charge in [-0.3, -0.25) is 4.79 Å². The molecule has 0 unspecified atom stereocenters. The van der Waals surface area contributed by atoms with E-state index in [0.717, 1.165) is 30.0 Å². The third-order valence-corrected chi connectivity index (χ3v) is 4.18. The van der Waals surface area contributed by atoms with E-state index < -0.39 is 0 Å². The number of carbonyl (C=O) groups excluding carboxylic acids is 1. The van der Waals surface area contributed by atoms with Crippen LogP contribution in [0.2, 0.25) is 0 Å². The number of nitrogens with one attached hydrogen (secondary N) is 1. The molecule has 0 aliphatic carbocycles. The zero-order valence-corrected chi connectivity index (χ0v) is 15.7. The first-order valence-corrected chi connectivity index (χ1v) is 8.91. The van der Waals surface area contributed by atoms with E-state index in [2.05, 4.69) is 29.3 Å². The van der Waals surface area contributed by atoms with Crippen LogP contribution in [-0.2, 0) is 0 Å². The van der Waals surface area contributed by atoms with Crippen LogP contribution >= 0.6 is 0 Å². The quantitative estimate of drug-likeness (QED) is 0.491. The minimum absolute atomic E-state index is 0.0136. The Morgan fingerprint density at radius 3 is 2.48 bits per heavy atom. The maximum Gasteiger partial charge on any atom is 0.185 e. The monoisotopic (exact) mass is 360 g/mol. The second-order valence-corrected chi connectivity index (χ2v) is 6.57. The highest BCUT2D eigenvalue weighted by Gasteiger charge is 2.03. The van der Waals surface area contributed by atoms with Crippen LogP contribution in [-0.4, -0.2) is 47.4 Å². The molecular weight excluding hydrogens is 336 g/mol. The predicted molar refractivity (Wildman–Crippen MR) is 110 cm³/mol. The second-order valence-electron chi connectivity index (χ2n) is 6.57. The van der Waals surface area contributed by atoms with Crippen molar-refractivity contribution in [3.8, 4) is 5.69 Å². The molecule has 0 saturated heterocycles. The summed E-state index contributed by atoms with van der Waals surface area (Å²) in [7, 11) is 4.11. The lowest BCUT2D eigenvalue weighted by atomic mass is 10.1. The van der Waals surface area contributed by atoms with Crippen LogP contribution in [0, 0.1) is 0 Å². The number of nitrogens with zero attached hydrogens (tertiary/aromatic N) is 3. The molecule has 27 heavy (non-hydrogen) atoms. The number of imidazole rings is 1. The lowest BCUT2D eigenvalue weighted by molar-refractivity contribution is 0.104. The van der Waals surface area contributed by atoms with Crippen molar-refractivity contribution >= 4 is 17.5 Å². The number of benzene rings is 2. The van der Waals surface area contributed by atoms with Gasteiger partial charge >= 0.3 is 0 Å². The largest absolute Gasteiger partial charge is 0.384 e. The van der Waals surface area contributed by atoms with E-state index in [1.165, 1.54) is 0 Å². The first kappa shape index (κ1) is 18.6. The zero-order chi connectivity index (χ0) is 19.1. The van der Waals surface area contributed by atoms with Gasteiger partial charge < -0.3 is 14.8 Å². The van der Waals surface area contributed by atoms with E-state index in [1.54, 1.807) is 18.6 Å². The fourth-order valence-corrected chi connectivity index (χ4v) is 2.61. The van der Waals surface area contributed by atoms with Crippen LogP contribution in [0.3, 0.4) is 0 Å². The zero-order valence-electron chi connectivity index (χ0n) is 15.7. The van der Waals surface area contributed by atoms with Crippen LogP contribution < -0.4 is 5.32 Å². The summed E-state index contributed by atoms with van der Waals surface area (Å²) in [6.45, 7) is 1.88. The number of ketones is 1. The van der Waals surface area contributed by atoms with Crippen molar-refractivity contribution < 1.29 is 4.79 Å². The molecule has 1 N–H and O–H groups in total. The van der Waals surface area contributed by atoms with E-state index in [-0.39, 0.29) is 5.78 Å². The molecule has 0 fully saturated rings. The Hall–Kier alpha value is -3.18. The maximum atomic E-state index is 12.4. The van der Waals surface area contributed by atoms with Gasteiger partial charge in [0.05, 0.1) is 6.33 Å². The number of allylic oxidation sites excluding steroid dienone is 1. The summed E-state index contributed by atoms with van der Waals surface area (Å²) >= 11 is 0. The Morgan fingerprint density at radius 1 is 1.11 bits per heavy atom. The number of carbonyl (C=O) groups is 1. The van der Waals surface area contributed by atoms with Crippen LogP contribution in [0.1, 0.15) is 15.9 Å². The average Bonchev–Trinajstić information content (AvgIpc) is 3.22. The second kappa shape index (κ2) is 8.96. The summed E-state index contributed by atoms with van der Waals surface area (Å²) in [5, 5.41) is 3.37. The Morgan fingerprint density at radius 2 is 1.85 bits per heavy atom. The van der Waals surface area contributed by atoms with Gasteiger partial charge in [0.15, 0.2) is 5.78 Å². The molecule has 0 aliphatic rings. The highest BCUT2D eigenvalue weighted by molar-refractivity contribution is 6.06. The normalized spacial score (nSPS) is 11.2. The topological polar surface area (TPSA) is 50.2 Å². The van der Waals surface area contributed by atoms with Gasteiger partial charge in [-0.25, -0.2) is 4.98 Å². The Bertz CT molecular complexity index is 879. The lowest BCUT2D eigenvalue weighted by Gasteiger charge is -2.11.